The lowest BCUT2D eigenvalue weighted by Crippen LogP contribution is -2.45. The third-order valence-electron chi connectivity index (χ3n) is 4.71. The molecule has 1 amide bonds. The fourth-order valence-electron chi connectivity index (χ4n) is 3.21. The van der Waals surface area contributed by atoms with E-state index in [1.54, 1.807) is 6.21 Å². The molecule has 1 aromatic carbocycles. The maximum absolute atomic E-state index is 12.1. The van der Waals surface area contributed by atoms with Gasteiger partial charge in [0.1, 0.15) is 0 Å². The van der Waals surface area contributed by atoms with Gasteiger partial charge in [0.05, 0.1) is 19.0 Å². The van der Waals surface area contributed by atoms with Crippen LogP contribution in [0.5, 0.6) is 0 Å². The quantitative estimate of drug-likeness (QED) is 0.584. The molecule has 0 aliphatic heterocycles. The van der Waals surface area contributed by atoms with Crippen LogP contribution < -0.4 is 5.43 Å². The van der Waals surface area contributed by atoms with Crippen LogP contribution in [0.4, 0.5) is 0 Å². The molecule has 0 unspecified atom stereocenters. The maximum Gasteiger partial charge on any atom is 0.255 e. The van der Waals surface area contributed by atoms with E-state index in [-0.39, 0.29) is 12.6 Å². The van der Waals surface area contributed by atoms with E-state index in [0.29, 0.717) is 5.92 Å². The van der Waals surface area contributed by atoms with Gasteiger partial charge in [-0.1, -0.05) is 57.4 Å². The predicted molar refractivity (Wildman–Crippen MR) is 105 cm³/mol. The fourth-order valence-corrected chi connectivity index (χ4v) is 4.31. The first-order valence-electron chi connectivity index (χ1n) is 9.16. The average molecular weight is 380 g/mol. The zero-order valence-electron chi connectivity index (χ0n) is 15.8. The molecule has 0 bridgehead atoms. The van der Waals surface area contributed by atoms with Crippen molar-refractivity contribution in [2.45, 2.75) is 57.9 Å². The largest absolute Gasteiger partial charge is 0.272 e. The van der Waals surface area contributed by atoms with Crippen molar-refractivity contribution in [3.63, 3.8) is 0 Å². The molecule has 2 rings (SSSR count). The Bertz CT molecular complexity index is 721. The van der Waals surface area contributed by atoms with Crippen LogP contribution in [-0.2, 0) is 14.8 Å². The molecule has 0 saturated heterocycles. The van der Waals surface area contributed by atoms with E-state index in [4.69, 9.17) is 0 Å². The standard InChI is InChI=1S/C19H29N3O3S/c1-15(2)17-11-9-16(10-12-17)13-20-21-19(23)14-22(26(3,24)25)18-7-5-4-6-8-18/h9-13,15,18H,4-8,14H2,1-3H3,(H,21,23)/b20-13+. The van der Waals surface area contributed by atoms with Crippen LogP contribution in [-0.4, -0.2) is 43.7 Å². The lowest BCUT2D eigenvalue weighted by molar-refractivity contribution is -0.121. The molecule has 144 valence electrons. The van der Waals surface area contributed by atoms with E-state index in [1.165, 1.54) is 9.87 Å². The molecule has 6 nitrogen and oxygen atoms in total. The summed E-state index contributed by atoms with van der Waals surface area (Å²) in [6.07, 6.45) is 7.48. The number of carbonyl (C=O) groups excluding carboxylic acids is 1. The van der Waals surface area contributed by atoms with E-state index in [1.807, 2.05) is 24.3 Å². The van der Waals surface area contributed by atoms with Crippen molar-refractivity contribution < 1.29 is 13.2 Å². The number of nitrogens with one attached hydrogen (secondary N) is 1. The Kier molecular flexibility index (Phi) is 7.34. The van der Waals surface area contributed by atoms with E-state index in [2.05, 4.69) is 24.4 Å². The number of amides is 1. The molecule has 0 aromatic heterocycles. The second-order valence-corrected chi connectivity index (χ2v) is 9.15. The number of carbonyl (C=O) groups is 1. The van der Waals surface area contributed by atoms with Crippen molar-refractivity contribution in [3.05, 3.63) is 35.4 Å². The number of sulfonamides is 1. The van der Waals surface area contributed by atoms with Crippen LogP contribution >= 0.6 is 0 Å². The zero-order valence-corrected chi connectivity index (χ0v) is 16.6. The van der Waals surface area contributed by atoms with Crippen LogP contribution in [0.1, 0.15) is 63.0 Å². The van der Waals surface area contributed by atoms with Crippen molar-refractivity contribution in [2.24, 2.45) is 5.10 Å². The summed E-state index contributed by atoms with van der Waals surface area (Å²) < 4.78 is 25.4. The molecule has 1 saturated carbocycles. The first-order valence-corrected chi connectivity index (χ1v) is 11.0. The molecule has 7 heteroatoms. The molecule has 0 radical (unpaired) electrons. The normalized spacial score (nSPS) is 16.5. The number of rotatable bonds is 7. The molecule has 26 heavy (non-hydrogen) atoms. The van der Waals surface area contributed by atoms with Crippen molar-refractivity contribution in [2.75, 3.05) is 12.8 Å². The van der Waals surface area contributed by atoms with Gasteiger partial charge < -0.3 is 0 Å². The second kappa shape index (κ2) is 9.28. The topological polar surface area (TPSA) is 78.8 Å². The van der Waals surface area contributed by atoms with E-state index in [9.17, 15) is 13.2 Å². The summed E-state index contributed by atoms with van der Waals surface area (Å²) in [7, 11) is -3.43. The van der Waals surface area contributed by atoms with Crippen molar-refractivity contribution >= 4 is 22.1 Å². The summed E-state index contributed by atoms with van der Waals surface area (Å²) in [5, 5.41) is 3.95. The van der Waals surface area contributed by atoms with Crippen molar-refractivity contribution in [1.29, 1.82) is 0 Å². The Hall–Kier alpha value is -1.73. The molecule has 1 aliphatic rings. The highest BCUT2D eigenvalue weighted by molar-refractivity contribution is 7.88. The number of nitrogens with zero attached hydrogens (tertiary/aromatic N) is 2. The Labute approximate surface area is 156 Å². The Morgan fingerprint density at radius 1 is 1.23 bits per heavy atom. The van der Waals surface area contributed by atoms with Crippen LogP contribution in [0, 0.1) is 0 Å². The Morgan fingerprint density at radius 3 is 2.38 bits per heavy atom. The molecule has 1 aliphatic carbocycles. The van der Waals surface area contributed by atoms with Crippen molar-refractivity contribution in [1.82, 2.24) is 9.73 Å². The van der Waals surface area contributed by atoms with E-state index in [0.717, 1.165) is 43.9 Å². The summed E-state index contributed by atoms with van der Waals surface area (Å²) in [5.41, 5.74) is 4.55. The first kappa shape index (κ1) is 20.6. The minimum Gasteiger partial charge on any atom is -0.272 e. The van der Waals surface area contributed by atoms with E-state index < -0.39 is 15.9 Å². The Morgan fingerprint density at radius 2 is 1.85 bits per heavy atom. The van der Waals surface area contributed by atoms with Crippen LogP contribution in [0.3, 0.4) is 0 Å². The van der Waals surface area contributed by atoms with Crippen molar-refractivity contribution in [3.8, 4) is 0 Å². The second-order valence-electron chi connectivity index (χ2n) is 7.21. The number of benzene rings is 1. The summed E-state index contributed by atoms with van der Waals surface area (Å²) >= 11 is 0. The highest BCUT2D eigenvalue weighted by Gasteiger charge is 2.29. The van der Waals surface area contributed by atoms with Gasteiger partial charge in [0.15, 0.2) is 0 Å². The minimum absolute atomic E-state index is 0.0861. The van der Waals surface area contributed by atoms with Gasteiger partial charge in [-0.3, -0.25) is 4.79 Å². The summed E-state index contributed by atoms with van der Waals surface area (Å²) in [6, 6.07) is 7.85. The summed E-state index contributed by atoms with van der Waals surface area (Å²) in [4.78, 5) is 12.1. The van der Waals surface area contributed by atoms with Gasteiger partial charge in [-0.15, -0.1) is 0 Å². The van der Waals surface area contributed by atoms with Gasteiger partial charge >= 0.3 is 0 Å². The van der Waals surface area contributed by atoms with Gasteiger partial charge in [-0.25, -0.2) is 13.8 Å². The van der Waals surface area contributed by atoms with Crippen LogP contribution in [0.2, 0.25) is 0 Å². The summed E-state index contributed by atoms with van der Waals surface area (Å²) in [5.74, 6) is 0.0403. The molecule has 0 atom stereocenters. The molecule has 1 N–H and O–H groups in total. The third-order valence-corrected chi connectivity index (χ3v) is 5.99. The fraction of sp³-hybridized carbons (Fsp3) is 0.579. The molecular formula is C19H29N3O3S. The molecule has 0 spiro atoms. The van der Waals surface area contributed by atoms with Gasteiger partial charge in [-0.2, -0.15) is 9.41 Å². The number of hydrogen-bond acceptors (Lipinski definition) is 4. The number of hydrazone groups is 1. The predicted octanol–water partition coefficient (Wildman–Crippen LogP) is 2.85. The minimum atomic E-state index is -3.43. The first-order chi connectivity index (χ1) is 12.3. The van der Waals surface area contributed by atoms with Gasteiger partial charge in [0.25, 0.3) is 5.91 Å². The molecule has 1 aromatic rings. The van der Waals surface area contributed by atoms with Crippen LogP contribution in [0.15, 0.2) is 29.4 Å². The highest BCUT2D eigenvalue weighted by atomic mass is 32.2. The van der Waals surface area contributed by atoms with Gasteiger partial charge in [-0.05, 0) is 29.9 Å². The third kappa shape index (κ3) is 6.21. The van der Waals surface area contributed by atoms with Gasteiger partial charge in [0.2, 0.25) is 10.0 Å². The molecule has 1 fully saturated rings. The number of hydrogen-bond donors (Lipinski definition) is 1. The lowest BCUT2D eigenvalue weighted by atomic mass is 9.95. The molecular weight excluding hydrogens is 350 g/mol. The average Bonchev–Trinajstić information content (AvgIpc) is 2.60. The highest BCUT2D eigenvalue weighted by Crippen LogP contribution is 2.24. The monoisotopic (exact) mass is 379 g/mol. The summed E-state index contributed by atoms with van der Waals surface area (Å²) in [6.45, 7) is 4.07. The lowest BCUT2D eigenvalue weighted by Gasteiger charge is -2.31. The SMILES string of the molecule is CC(C)c1ccc(/C=N/NC(=O)CN(C2CCCCC2)S(C)(=O)=O)cc1. The maximum atomic E-state index is 12.1. The zero-order chi connectivity index (χ0) is 19.2. The van der Waals surface area contributed by atoms with Crippen LogP contribution in [0.25, 0.3) is 0 Å². The van der Waals surface area contributed by atoms with E-state index >= 15 is 0 Å². The van der Waals surface area contributed by atoms with Gasteiger partial charge in [0, 0.05) is 6.04 Å². The molecule has 0 heterocycles. The Balaban J connectivity index is 1.93. The smallest absolute Gasteiger partial charge is 0.255 e.